The number of rotatable bonds is 5. The van der Waals surface area contributed by atoms with Crippen molar-refractivity contribution in [2.75, 3.05) is 11.9 Å². The molecule has 7 nitrogen and oxygen atoms in total. The standard InChI is InChI=1S/C18H18N4O3/c1-12-7-9-14(10-8-12)19-18(24)20-15(11-23)17-21-16(22-25-17)13-5-3-2-4-6-13/h2-10,15,23H,11H2,1H3,(H2,19,20,24)/t15-/m1/s1. The van der Waals surface area contributed by atoms with Gasteiger partial charge in [0.05, 0.1) is 6.61 Å². The van der Waals surface area contributed by atoms with Crippen molar-refractivity contribution < 1.29 is 14.4 Å². The molecule has 2 amide bonds. The van der Waals surface area contributed by atoms with E-state index < -0.39 is 12.1 Å². The fraction of sp³-hybridized carbons (Fsp3) is 0.167. The summed E-state index contributed by atoms with van der Waals surface area (Å²) in [7, 11) is 0. The Kier molecular flexibility index (Phi) is 5.06. The lowest BCUT2D eigenvalue weighted by Crippen LogP contribution is -2.34. The Balaban J connectivity index is 1.67. The monoisotopic (exact) mass is 338 g/mol. The first-order valence-corrected chi connectivity index (χ1v) is 7.80. The van der Waals surface area contributed by atoms with Gasteiger partial charge >= 0.3 is 6.03 Å². The van der Waals surface area contributed by atoms with Gasteiger partial charge in [0.15, 0.2) is 0 Å². The molecular formula is C18H18N4O3. The van der Waals surface area contributed by atoms with Gasteiger partial charge in [-0.1, -0.05) is 53.2 Å². The summed E-state index contributed by atoms with van der Waals surface area (Å²) in [6.45, 7) is 1.60. The Bertz CT molecular complexity index is 831. The molecule has 0 aliphatic carbocycles. The molecule has 1 aromatic heterocycles. The molecule has 3 N–H and O–H groups in total. The van der Waals surface area contributed by atoms with Crippen molar-refractivity contribution in [1.29, 1.82) is 0 Å². The van der Waals surface area contributed by atoms with Gasteiger partial charge in [-0.15, -0.1) is 0 Å². The number of amides is 2. The van der Waals surface area contributed by atoms with Crippen LogP contribution in [0.1, 0.15) is 17.5 Å². The highest BCUT2D eigenvalue weighted by Gasteiger charge is 2.21. The molecule has 7 heteroatoms. The predicted octanol–water partition coefficient (Wildman–Crippen LogP) is 2.90. The minimum absolute atomic E-state index is 0.139. The Morgan fingerprint density at radius 1 is 1.16 bits per heavy atom. The molecule has 2 aromatic carbocycles. The largest absolute Gasteiger partial charge is 0.394 e. The maximum absolute atomic E-state index is 12.1. The molecule has 0 saturated carbocycles. The van der Waals surface area contributed by atoms with E-state index in [1.54, 1.807) is 12.1 Å². The lowest BCUT2D eigenvalue weighted by Gasteiger charge is -2.13. The van der Waals surface area contributed by atoms with E-state index in [4.69, 9.17) is 4.52 Å². The summed E-state index contributed by atoms with van der Waals surface area (Å²) in [5.41, 5.74) is 2.53. The van der Waals surface area contributed by atoms with E-state index in [0.717, 1.165) is 11.1 Å². The summed E-state index contributed by atoms with van der Waals surface area (Å²) in [6, 6.07) is 15.4. The number of benzene rings is 2. The molecule has 1 atom stereocenters. The van der Waals surface area contributed by atoms with Crippen LogP contribution in [0.15, 0.2) is 59.1 Å². The van der Waals surface area contributed by atoms with Gasteiger partial charge in [0.25, 0.3) is 5.89 Å². The van der Waals surface area contributed by atoms with Crippen LogP contribution in [0.25, 0.3) is 11.4 Å². The molecule has 0 spiro atoms. The van der Waals surface area contributed by atoms with Crippen molar-refractivity contribution in [3.05, 3.63) is 66.1 Å². The van der Waals surface area contributed by atoms with Gasteiger partial charge in [0.2, 0.25) is 5.82 Å². The van der Waals surface area contributed by atoms with Crippen molar-refractivity contribution >= 4 is 11.7 Å². The van der Waals surface area contributed by atoms with Crippen LogP contribution in [0.3, 0.4) is 0 Å². The number of aryl methyl sites for hydroxylation is 1. The van der Waals surface area contributed by atoms with E-state index in [9.17, 15) is 9.90 Å². The minimum atomic E-state index is -0.796. The first-order valence-electron chi connectivity index (χ1n) is 7.80. The summed E-state index contributed by atoms with van der Waals surface area (Å²) in [5, 5.41) is 18.7. The van der Waals surface area contributed by atoms with Gasteiger partial charge in [-0.25, -0.2) is 4.79 Å². The van der Waals surface area contributed by atoms with Gasteiger partial charge < -0.3 is 20.3 Å². The highest BCUT2D eigenvalue weighted by atomic mass is 16.5. The zero-order chi connectivity index (χ0) is 17.6. The van der Waals surface area contributed by atoms with E-state index in [1.807, 2.05) is 49.4 Å². The second-order valence-electron chi connectivity index (χ2n) is 5.52. The maximum atomic E-state index is 12.1. The normalized spacial score (nSPS) is 11.8. The van der Waals surface area contributed by atoms with Gasteiger partial charge in [0, 0.05) is 11.3 Å². The predicted molar refractivity (Wildman–Crippen MR) is 92.9 cm³/mol. The molecule has 0 unspecified atom stereocenters. The molecule has 3 rings (SSSR count). The Morgan fingerprint density at radius 2 is 1.88 bits per heavy atom. The number of nitrogens with zero attached hydrogens (tertiary/aromatic N) is 2. The van der Waals surface area contributed by atoms with Crippen LogP contribution >= 0.6 is 0 Å². The zero-order valence-corrected chi connectivity index (χ0v) is 13.6. The number of anilines is 1. The molecule has 1 heterocycles. The fourth-order valence-corrected chi connectivity index (χ4v) is 2.23. The molecule has 0 fully saturated rings. The number of hydrogen-bond donors (Lipinski definition) is 3. The summed E-state index contributed by atoms with van der Waals surface area (Å²) < 4.78 is 5.18. The highest BCUT2D eigenvalue weighted by molar-refractivity contribution is 5.89. The average molecular weight is 338 g/mol. The Labute approximate surface area is 144 Å². The van der Waals surface area contributed by atoms with E-state index in [0.29, 0.717) is 11.5 Å². The maximum Gasteiger partial charge on any atom is 0.319 e. The van der Waals surface area contributed by atoms with Crippen LogP contribution in [-0.2, 0) is 0 Å². The van der Waals surface area contributed by atoms with Gasteiger partial charge in [-0.05, 0) is 19.1 Å². The average Bonchev–Trinajstić information content (AvgIpc) is 3.12. The topological polar surface area (TPSA) is 100 Å². The molecule has 0 aliphatic rings. The number of aromatic nitrogens is 2. The molecule has 25 heavy (non-hydrogen) atoms. The first-order chi connectivity index (χ1) is 12.2. The molecule has 3 aromatic rings. The molecule has 0 radical (unpaired) electrons. The fourth-order valence-electron chi connectivity index (χ4n) is 2.23. The second-order valence-corrected chi connectivity index (χ2v) is 5.52. The Morgan fingerprint density at radius 3 is 2.56 bits per heavy atom. The van der Waals surface area contributed by atoms with E-state index in [1.165, 1.54) is 0 Å². The van der Waals surface area contributed by atoms with Gasteiger partial charge in [-0.3, -0.25) is 0 Å². The number of nitrogens with one attached hydrogen (secondary N) is 2. The molecule has 0 aliphatic heterocycles. The number of carbonyl (C=O) groups excluding carboxylic acids is 1. The molecule has 0 bridgehead atoms. The van der Waals surface area contributed by atoms with Crippen LogP contribution in [-0.4, -0.2) is 27.9 Å². The van der Waals surface area contributed by atoms with Crippen LogP contribution in [0.4, 0.5) is 10.5 Å². The zero-order valence-electron chi connectivity index (χ0n) is 13.6. The number of carbonyl (C=O) groups is 1. The van der Waals surface area contributed by atoms with Crippen molar-refractivity contribution in [3.63, 3.8) is 0 Å². The smallest absolute Gasteiger partial charge is 0.319 e. The van der Waals surface area contributed by atoms with E-state index >= 15 is 0 Å². The molecular weight excluding hydrogens is 320 g/mol. The molecule has 128 valence electrons. The lowest BCUT2D eigenvalue weighted by molar-refractivity contribution is 0.205. The number of hydrogen-bond acceptors (Lipinski definition) is 5. The van der Waals surface area contributed by atoms with Gasteiger partial charge in [-0.2, -0.15) is 4.98 Å². The van der Waals surface area contributed by atoms with Crippen LogP contribution in [0.2, 0.25) is 0 Å². The van der Waals surface area contributed by atoms with Crippen LogP contribution in [0.5, 0.6) is 0 Å². The van der Waals surface area contributed by atoms with Crippen molar-refractivity contribution in [3.8, 4) is 11.4 Å². The van der Waals surface area contributed by atoms with E-state index in [2.05, 4.69) is 20.8 Å². The van der Waals surface area contributed by atoms with Crippen molar-refractivity contribution in [2.45, 2.75) is 13.0 Å². The Hall–Kier alpha value is -3.19. The third-order valence-corrected chi connectivity index (χ3v) is 3.57. The quantitative estimate of drug-likeness (QED) is 0.664. The third kappa shape index (κ3) is 4.21. The van der Waals surface area contributed by atoms with Crippen molar-refractivity contribution in [1.82, 2.24) is 15.5 Å². The number of aliphatic hydroxyl groups is 1. The van der Waals surface area contributed by atoms with Gasteiger partial charge in [0.1, 0.15) is 6.04 Å². The lowest BCUT2D eigenvalue weighted by atomic mass is 10.2. The van der Waals surface area contributed by atoms with E-state index in [-0.39, 0.29) is 12.5 Å². The third-order valence-electron chi connectivity index (χ3n) is 3.57. The summed E-state index contributed by atoms with van der Waals surface area (Å²) in [4.78, 5) is 16.3. The highest BCUT2D eigenvalue weighted by Crippen LogP contribution is 2.18. The minimum Gasteiger partial charge on any atom is -0.394 e. The summed E-state index contributed by atoms with van der Waals surface area (Å²) in [6.07, 6.45) is 0. The first kappa shape index (κ1) is 16.7. The van der Waals surface area contributed by atoms with Crippen molar-refractivity contribution in [2.24, 2.45) is 0 Å². The number of aliphatic hydroxyl groups excluding tert-OH is 1. The summed E-state index contributed by atoms with van der Waals surface area (Å²) in [5.74, 6) is 0.537. The second kappa shape index (κ2) is 7.59. The SMILES string of the molecule is Cc1ccc(NC(=O)N[C@H](CO)c2nc(-c3ccccc3)no2)cc1. The number of urea groups is 1. The summed E-state index contributed by atoms with van der Waals surface area (Å²) >= 11 is 0. The molecule has 0 saturated heterocycles. The van der Waals surface area contributed by atoms with Crippen LogP contribution < -0.4 is 10.6 Å². The van der Waals surface area contributed by atoms with Crippen LogP contribution in [0, 0.1) is 6.92 Å².